The summed E-state index contributed by atoms with van der Waals surface area (Å²) in [7, 11) is 1.80. The predicted molar refractivity (Wildman–Crippen MR) is 129 cm³/mol. The minimum Gasteiger partial charge on any atom is -0.343 e. The Morgan fingerprint density at radius 2 is 1.61 bits per heavy atom. The van der Waals surface area contributed by atoms with Crippen molar-refractivity contribution in [2.45, 2.75) is 45.1 Å². The highest BCUT2D eigenvalue weighted by Gasteiger charge is 2.35. The van der Waals surface area contributed by atoms with Gasteiger partial charge in [0, 0.05) is 52.5 Å². The molecule has 0 spiro atoms. The van der Waals surface area contributed by atoms with Crippen molar-refractivity contribution in [2.24, 2.45) is 0 Å². The third kappa shape index (κ3) is 5.44. The second-order valence-corrected chi connectivity index (χ2v) is 9.22. The number of nitrogens with zero attached hydrogens (tertiary/aromatic N) is 3. The van der Waals surface area contributed by atoms with Gasteiger partial charge < -0.3 is 14.7 Å². The molecular weight excluding hydrogens is 414 g/mol. The Bertz CT molecular complexity index is 1000. The van der Waals surface area contributed by atoms with Crippen LogP contribution in [0.25, 0.3) is 11.1 Å². The monoisotopic (exact) mass is 447 g/mol. The van der Waals surface area contributed by atoms with E-state index in [0.717, 1.165) is 29.7 Å². The highest BCUT2D eigenvalue weighted by atomic mass is 16.2. The maximum atomic E-state index is 13.0. The summed E-state index contributed by atoms with van der Waals surface area (Å²) in [6.07, 6.45) is 3.04. The molecule has 0 aromatic heterocycles. The van der Waals surface area contributed by atoms with Crippen LogP contribution in [0.5, 0.6) is 0 Å². The number of aryl methyl sites for hydroxylation is 1. The van der Waals surface area contributed by atoms with Gasteiger partial charge in [-0.3, -0.25) is 14.4 Å². The van der Waals surface area contributed by atoms with E-state index in [1.165, 1.54) is 5.56 Å². The molecule has 0 bridgehead atoms. The Kier molecular flexibility index (Phi) is 7.11. The molecule has 6 heteroatoms. The summed E-state index contributed by atoms with van der Waals surface area (Å²) in [5.41, 5.74) is 4.57. The van der Waals surface area contributed by atoms with E-state index in [1.807, 2.05) is 4.90 Å². The van der Waals surface area contributed by atoms with Gasteiger partial charge in [0.05, 0.1) is 0 Å². The lowest BCUT2D eigenvalue weighted by Crippen LogP contribution is -2.58. The smallest absolute Gasteiger partial charge is 0.245 e. The predicted octanol–water partition coefficient (Wildman–Crippen LogP) is 3.28. The van der Waals surface area contributed by atoms with Gasteiger partial charge in [-0.15, -0.1) is 0 Å². The van der Waals surface area contributed by atoms with Crippen LogP contribution in [0.3, 0.4) is 0 Å². The molecule has 2 aromatic rings. The summed E-state index contributed by atoms with van der Waals surface area (Å²) in [4.78, 5) is 43.1. The van der Waals surface area contributed by atoms with Crippen molar-refractivity contribution in [3.05, 3.63) is 59.7 Å². The number of carbonyl (C=O) groups is 3. The molecule has 1 atom stereocenters. The van der Waals surface area contributed by atoms with Crippen LogP contribution in [-0.2, 0) is 20.8 Å². The van der Waals surface area contributed by atoms with E-state index in [1.54, 1.807) is 16.8 Å². The molecule has 174 valence electrons. The Labute approximate surface area is 196 Å². The van der Waals surface area contributed by atoms with Crippen LogP contribution in [0.15, 0.2) is 48.5 Å². The molecule has 0 N–H and O–H groups in total. The first-order chi connectivity index (χ1) is 15.9. The average molecular weight is 448 g/mol. The number of hydrogen-bond acceptors (Lipinski definition) is 3. The largest absolute Gasteiger partial charge is 0.343 e. The van der Waals surface area contributed by atoms with Crippen molar-refractivity contribution in [1.29, 1.82) is 0 Å². The zero-order chi connectivity index (χ0) is 23.4. The number of hydrogen-bond donors (Lipinski definition) is 0. The van der Waals surface area contributed by atoms with Gasteiger partial charge in [-0.25, -0.2) is 0 Å². The van der Waals surface area contributed by atoms with Crippen molar-refractivity contribution < 1.29 is 14.4 Å². The van der Waals surface area contributed by atoms with Crippen LogP contribution in [0.4, 0.5) is 0 Å². The third-order valence-electron chi connectivity index (χ3n) is 6.79. The normalized spacial score (nSPS) is 18.8. The highest BCUT2D eigenvalue weighted by molar-refractivity contribution is 5.89. The van der Waals surface area contributed by atoms with E-state index >= 15 is 0 Å². The van der Waals surface area contributed by atoms with Gasteiger partial charge in [0.2, 0.25) is 17.7 Å². The molecule has 4 rings (SSSR count). The van der Waals surface area contributed by atoms with E-state index in [-0.39, 0.29) is 17.7 Å². The van der Waals surface area contributed by atoms with E-state index in [2.05, 4.69) is 55.5 Å². The van der Waals surface area contributed by atoms with Gasteiger partial charge in [-0.05, 0) is 36.5 Å². The molecule has 0 saturated carbocycles. The van der Waals surface area contributed by atoms with Gasteiger partial charge >= 0.3 is 0 Å². The zero-order valence-electron chi connectivity index (χ0n) is 19.6. The second kappa shape index (κ2) is 10.2. The lowest BCUT2D eigenvalue weighted by molar-refractivity contribution is -0.150. The summed E-state index contributed by atoms with van der Waals surface area (Å²) < 4.78 is 0. The van der Waals surface area contributed by atoms with Crippen LogP contribution >= 0.6 is 0 Å². The Balaban J connectivity index is 1.40. The third-order valence-corrected chi connectivity index (χ3v) is 6.79. The van der Waals surface area contributed by atoms with E-state index in [9.17, 15) is 14.4 Å². The molecule has 2 aromatic carbocycles. The van der Waals surface area contributed by atoms with E-state index in [4.69, 9.17) is 0 Å². The minimum absolute atomic E-state index is 0.00405. The standard InChI is InChI=1S/C27H33N3O3/c1-20-7-11-22(12-8-20)23-13-9-21(10-14-23)19-24-27(33)28(2)17-18-30(24)26(32)6-4-16-29-15-3-5-25(29)31/h7-14,24H,3-6,15-19H2,1-2H3/t24-/m1/s1. The van der Waals surface area contributed by atoms with Gasteiger partial charge in [-0.2, -0.15) is 0 Å². The average Bonchev–Trinajstić information content (AvgIpc) is 3.22. The van der Waals surface area contributed by atoms with Crippen LogP contribution in [0, 0.1) is 6.92 Å². The SMILES string of the molecule is Cc1ccc(-c2ccc(C[C@@H]3C(=O)N(C)CCN3C(=O)CCCN3CCCC3=O)cc2)cc1. The van der Waals surface area contributed by atoms with Gasteiger partial charge in [0.25, 0.3) is 0 Å². The van der Waals surface area contributed by atoms with Gasteiger partial charge in [-0.1, -0.05) is 54.1 Å². The van der Waals surface area contributed by atoms with Crippen LogP contribution in [0.1, 0.15) is 36.8 Å². The Morgan fingerprint density at radius 1 is 0.939 bits per heavy atom. The molecule has 0 radical (unpaired) electrons. The second-order valence-electron chi connectivity index (χ2n) is 9.22. The van der Waals surface area contributed by atoms with Crippen LogP contribution < -0.4 is 0 Å². The van der Waals surface area contributed by atoms with Crippen molar-refractivity contribution in [3.63, 3.8) is 0 Å². The molecule has 2 aliphatic rings. The quantitative estimate of drug-likeness (QED) is 0.655. The van der Waals surface area contributed by atoms with Crippen LogP contribution in [0.2, 0.25) is 0 Å². The summed E-state index contributed by atoms with van der Waals surface area (Å²) in [5.74, 6) is 0.181. The molecule has 6 nitrogen and oxygen atoms in total. The first-order valence-electron chi connectivity index (χ1n) is 11.9. The molecule has 0 aliphatic carbocycles. The molecule has 0 unspecified atom stereocenters. The topological polar surface area (TPSA) is 60.9 Å². The van der Waals surface area contributed by atoms with Crippen molar-refractivity contribution in [2.75, 3.05) is 33.2 Å². The lowest BCUT2D eigenvalue weighted by atomic mass is 9.97. The molecule has 2 heterocycles. The first kappa shape index (κ1) is 23.0. The molecule has 2 saturated heterocycles. The summed E-state index contributed by atoms with van der Waals surface area (Å²) in [5, 5.41) is 0. The molecule has 2 aliphatic heterocycles. The molecule has 3 amide bonds. The summed E-state index contributed by atoms with van der Waals surface area (Å²) in [6.45, 7) is 4.59. The van der Waals surface area contributed by atoms with Crippen molar-refractivity contribution in [1.82, 2.24) is 14.7 Å². The number of carbonyl (C=O) groups excluding carboxylic acids is 3. The van der Waals surface area contributed by atoms with Crippen molar-refractivity contribution >= 4 is 17.7 Å². The number of amides is 3. The molecule has 33 heavy (non-hydrogen) atoms. The van der Waals surface area contributed by atoms with Crippen molar-refractivity contribution in [3.8, 4) is 11.1 Å². The molecular formula is C27H33N3O3. The van der Waals surface area contributed by atoms with E-state index in [0.29, 0.717) is 45.3 Å². The fourth-order valence-electron chi connectivity index (χ4n) is 4.72. The fourth-order valence-corrected chi connectivity index (χ4v) is 4.72. The summed E-state index contributed by atoms with van der Waals surface area (Å²) in [6, 6.07) is 16.2. The number of benzene rings is 2. The minimum atomic E-state index is -0.477. The Morgan fingerprint density at radius 3 is 2.24 bits per heavy atom. The number of likely N-dealkylation sites (tertiary alicyclic amines) is 1. The van der Waals surface area contributed by atoms with Gasteiger partial charge in [0.1, 0.15) is 6.04 Å². The lowest BCUT2D eigenvalue weighted by Gasteiger charge is -2.39. The van der Waals surface area contributed by atoms with E-state index < -0.39 is 6.04 Å². The highest BCUT2D eigenvalue weighted by Crippen LogP contribution is 2.23. The zero-order valence-corrected chi connectivity index (χ0v) is 19.6. The molecule has 2 fully saturated rings. The number of likely N-dealkylation sites (N-methyl/N-ethyl adjacent to an activating group) is 1. The maximum Gasteiger partial charge on any atom is 0.245 e. The maximum absolute atomic E-state index is 13.0. The first-order valence-corrected chi connectivity index (χ1v) is 11.9. The number of rotatable bonds is 7. The number of piperazine rings is 1. The van der Waals surface area contributed by atoms with Gasteiger partial charge in [0.15, 0.2) is 0 Å². The fraction of sp³-hybridized carbons (Fsp3) is 0.444. The Hall–Kier alpha value is -3.15. The van der Waals surface area contributed by atoms with Crippen LogP contribution in [-0.4, -0.2) is 71.7 Å². The summed E-state index contributed by atoms with van der Waals surface area (Å²) >= 11 is 0.